The molecule has 1 atom stereocenters. The van der Waals surface area contributed by atoms with Gasteiger partial charge in [0.05, 0.1) is 30.1 Å². The molecule has 21 heavy (non-hydrogen) atoms. The van der Waals surface area contributed by atoms with Crippen molar-refractivity contribution in [2.45, 2.75) is 19.9 Å². The van der Waals surface area contributed by atoms with Crippen LogP contribution in [0.5, 0.6) is 0 Å². The van der Waals surface area contributed by atoms with Gasteiger partial charge in [-0.15, -0.1) is 0 Å². The number of nitrogens with zero attached hydrogens (tertiary/aromatic N) is 2. The molecule has 1 N–H and O–H groups in total. The lowest BCUT2D eigenvalue weighted by Gasteiger charge is -2.17. The van der Waals surface area contributed by atoms with E-state index < -0.39 is 5.97 Å². The van der Waals surface area contributed by atoms with Gasteiger partial charge in [-0.1, -0.05) is 11.6 Å². The van der Waals surface area contributed by atoms with E-state index in [9.17, 15) is 4.79 Å². The van der Waals surface area contributed by atoms with Crippen LogP contribution in [0.3, 0.4) is 0 Å². The van der Waals surface area contributed by atoms with E-state index in [0.29, 0.717) is 16.3 Å². The van der Waals surface area contributed by atoms with Crippen molar-refractivity contribution in [2.75, 3.05) is 12.4 Å². The summed E-state index contributed by atoms with van der Waals surface area (Å²) >= 11 is 6.02. The molecule has 0 aliphatic rings. The number of aromatic nitrogens is 2. The van der Waals surface area contributed by atoms with Gasteiger partial charge in [0.2, 0.25) is 0 Å². The third kappa shape index (κ3) is 3.36. The molecule has 0 radical (unpaired) electrons. The highest BCUT2D eigenvalue weighted by Crippen LogP contribution is 2.27. The maximum absolute atomic E-state index is 11.8. The first-order valence-corrected chi connectivity index (χ1v) is 6.94. The van der Waals surface area contributed by atoms with Crippen molar-refractivity contribution >= 4 is 23.3 Å². The monoisotopic (exact) mass is 307 g/mol. The van der Waals surface area contributed by atoms with Gasteiger partial charge < -0.3 is 10.1 Å². The molecule has 2 rings (SSSR count). The van der Waals surface area contributed by atoms with Crippen molar-refractivity contribution in [3.05, 3.63) is 46.2 Å². The first-order chi connectivity index (χ1) is 9.92. The summed E-state index contributed by atoms with van der Waals surface area (Å²) in [7, 11) is 3.23. The number of anilines is 1. The van der Waals surface area contributed by atoms with Crippen LogP contribution in [0.1, 0.15) is 34.6 Å². The number of hydrogen-bond donors (Lipinski definition) is 1. The molecule has 1 aromatic carbocycles. The fraction of sp³-hybridized carbons (Fsp3) is 0.333. The van der Waals surface area contributed by atoms with Crippen molar-refractivity contribution in [2.24, 2.45) is 7.05 Å². The van der Waals surface area contributed by atoms with Gasteiger partial charge in [-0.05, 0) is 32.0 Å². The fourth-order valence-electron chi connectivity index (χ4n) is 2.28. The predicted molar refractivity (Wildman–Crippen MR) is 82.8 cm³/mol. The lowest BCUT2D eigenvalue weighted by atomic mass is 10.1. The Bertz CT molecular complexity index is 667. The summed E-state index contributed by atoms with van der Waals surface area (Å²) in [5.74, 6) is -0.399. The van der Waals surface area contributed by atoms with Gasteiger partial charge in [0, 0.05) is 23.8 Å². The average molecular weight is 308 g/mol. The van der Waals surface area contributed by atoms with E-state index in [1.54, 1.807) is 22.9 Å². The molecule has 0 bridgehead atoms. The minimum atomic E-state index is -0.399. The Hall–Kier alpha value is -2.01. The van der Waals surface area contributed by atoms with Crippen molar-refractivity contribution in [3.63, 3.8) is 0 Å². The van der Waals surface area contributed by atoms with E-state index in [2.05, 4.69) is 10.4 Å². The third-order valence-electron chi connectivity index (χ3n) is 3.28. The summed E-state index contributed by atoms with van der Waals surface area (Å²) in [4.78, 5) is 11.8. The zero-order valence-electron chi connectivity index (χ0n) is 12.5. The van der Waals surface area contributed by atoms with E-state index in [-0.39, 0.29) is 6.04 Å². The van der Waals surface area contributed by atoms with Crippen LogP contribution < -0.4 is 5.32 Å². The fourth-order valence-corrected chi connectivity index (χ4v) is 2.45. The largest absolute Gasteiger partial charge is 0.465 e. The maximum Gasteiger partial charge on any atom is 0.339 e. The number of hydrogen-bond acceptors (Lipinski definition) is 4. The van der Waals surface area contributed by atoms with Crippen LogP contribution in [-0.2, 0) is 11.8 Å². The van der Waals surface area contributed by atoms with Crippen molar-refractivity contribution in [3.8, 4) is 0 Å². The summed E-state index contributed by atoms with van der Waals surface area (Å²) < 4.78 is 6.56. The highest BCUT2D eigenvalue weighted by Gasteiger charge is 2.17. The molecule has 5 nitrogen and oxygen atoms in total. The van der Waals surface area contributed by atoms with Crippen molar-refractivity contribution in [1.29, 1.82) is 0 Å². The number of halogens is 1. The first kappa shape index (κ1) is 15.4. The van der Waals surface area contributed by atoms with Crippen molar-refractivity contribution in [1.82, 2.24) is 9.78 Å². The summed E-state index contributed by atoms with van der Waals surface area (Å²) in [5.41, 5.74) is 3.10. The molecule has 2 aromatic rings. The Morgan fingerprint density at radius 2 is 2.19 bits per heavy atom. The normalized spacial score (nSPS) is 12.0. The molecule has 0 saturated carbocycles. The Labute approximate surface area is 128 Å². The number of benzene rings is 1. The lowest BCUT2D eigenvalue weighted by Crippen LogP contribution is -2.12. The summed E-state index contributed by atoms with van der Waals surface area (Å²) in [6.45, 7) is 3.96. The topological polar surface area (TPSA) is 56.1 Å². The molecule has 0 saturated heterocycles. The van der Waals surface area contributed by atoms with Crippen LogP contribution in [0.4, 0.5) is 5.69 Å². The van der Waals surface area contributed by atoms with E-state index >= 15 is 0 Å². The predicted octanol–water partition coefficient (Wildman–Crippen LogP) is 3.34. The Morgan fingerprint density at radius 1 is 1.48 bits per heavy atom. The zero-order valence-corrected chi connectivity index (χ0v) is 13.2. The van der Waals surface area contributed by atoms with Crippen LogP contribution in [0.2, 0.25) is 5.02 Å². The van der Waals surface area contributed by atoms with Crippen LogP contribution in [0, 0.1) is 6.92 Å². The van der Waals surface area contributed by atoms with Gasteiger partial charge in [-0.2, -0.15) is 5.10 Å². The Balaban J connectivity index is 2.32. The zero-order chi connectivity index (χ0) is 15.6. The number of carbonyl (C=O) groups is 1. The second-order valence-electron chi connectivity index (χ2n) is 4.89. The van der Waals surface area contributed by atoms with Crippen LogP contribution in [-0.4, -0.2) is 22.9 Å². The molecule has 1 heterocycles. The first-order valence-electron chi connectivity index (χ1n) is 6.57. The number of carbonyl (C=O) groups excluding carboxylic acids is 1. The third-order valence-corrected chi connectivity index (χ3v) is 3.51. The summed E-state index contributed by atoms with van der Waals surface area (Å²) in [6.07, 6.45) is 1.95. The minimum Gasteiger partial charge on any atom is -0.465 e. The second kappa shape index (κ2) is 6.18. The van der Waals surface area contributed by atoms with E-state index in [1.165, 1.54) is 7.11 Å². The summed E-state index contributed by atoms with van der Waals surface area (Å²) in [5, 5.41) is 8.18. The van der Waals surface area contributed by atoms with Crippen molar-refractivity contribution < 1.29 is 9.53 Å². The second-order valence-corrected chi connectivity index (χ2v) is 5.33. The van der Waals surface area contributed by atoms with E-state index in [1.807, 2.05) is 27.1 Å². The molecule has 1 unspecified atom stereocenters. The number of ether oxygens (including phenoxy) is 1. The van der Waals surface area contributed by atoms with Gasteiger partial charge in [-0.25, -0.2) is 4.79 Å². The van der Waals surface area contributed by atoms with Crippen LogP contribution >= 0.6 is 11.6 Å². The van der Waals surface area contributed by atoms with Crippen LogP contribution in [0.25, 0.3) is 0 Å². The van der Waals surface area contributed by atoms with E-state index in [0.717, 1.165) is 11.3 Å². The number of aryl methyl sites for hydroxylation is 2. The Kier molecular flexibility index (Phi) is 4.53. The number of esters is 1. The van der Waals surface area contributed by atoms with Gasteiger partial charge in [0.15, 0.2) is 0 Å². The summed E-state index contributed by atoms with van der Waals surface area (Å²) in [6, 6.07) is 5.02. The van der Waals surface area contributed by atoms with Gasteiger partial charge >= 0.3 is 5.97 Å². The quantitative estimate of drug-likeness (QED) is 0.880. The number of methoxy groups -OCH3 is 1. The SMILES string of the molecule is COC(=O)c1ccc(Cl)cc1NC(C)c1cn(C)nc1C. The average Bonchev–Trinajstić information content (AvgIpc) is 2.77. The lowest BCUT2D eigenvalue weighted by molar-refractivity contribution is 0.0602. The highest BCUT2D eigenvalue weighted by atomic mass is 35.5. The molecule has 0 amide bonds. The molecule has 6 heteroatoms. The van der Waals surface area contributed by atoms with E-state index in [4.69, 9.17) is 16.3 Å². The number of rotatable bonds is 4. The molecular formula is C15H18ClN3O2. The number of nitrogens with one attached hydrogen (secondary N) is 1. The molecule has 0 aliphatic heterocycles. The maximum atomic E-state index is 11.8. The standard InChI is InChI=1S/C15H18ClN3O2/c1-9(13-8-19(3)18-10(13)2)17-14-7-11(16)5-6-12(14)15(20)21-4/h5-9,17H,1-4H3. The molecule has 0 spiro atoms. The highest BCUT2D eigenvalue weighted by molar-refractivity contribution is 6.31. The van der Waals surface area contributed by atoms with Gasteiger partial charge in [0.1, 0.15) is 0 Å². The molecule has 1 aromatic heterocycles. The van der Waals surface area contributed by atoms with Crippen LogP contribution in [0.15, 0.2) is 24.4 Å². The molecule has 0 aliphatic carbocycles. The molecule has 0 fully saturated rings. The van der Waals surface area contributed by atoms with Gasteiger partial charge in [0.25, 0.3) is 0 Å². The van der Waals surface area contributed by atoms with Gasteiger partial charge in [-0.3, -0.25) is 4.68 Å². The smallest absolute Gasteiger partial charge is 0.339 e. The Morgan fingerprint density at radius 3 is 2.76 bits per heavy atom. The minimum absolute atomic E-state index is 0.0134. The molecule has 112 valence electrons. The molecular weight excluding hydrogens is 290 g/mol.